The van der Waals surface area contributed by atoms with Crippen LogP contribution in [0, 0.1) is 6.92 Å². The molecule has 3 nitrogen and oxygen atoms in total. The first-order valence-electron chi connectivity index (χ1n) is 8.27. The van der Waals surface area contributed by atoms with Crippen molar-refractivity contribution >= 4 is 5.91 Å². The van der Waals surface area contributed by atoms with Gasteiger partial charge in [-0.25, -0.2) is 0 Å². The molecule has 1 aliphatic heterocycles. The first kappa shape index (κ1) is 15.6. The second-order valence-electron chi connectivity index (χ2n) is 6.32. The number of phenolic OH excluding ortho intramolecular Hbond substituents is 1. The Morgan fingerprint density at radius 3 is 2.52 bits per heavy atom. The second kappa shape index (κ2) is 6.86. The average Bonchev–Trinajstić information content (AvgIpc) is 3.10. The molecule has 1 N–H and O–H groups in total. The minimum atomic E-state index is -0.107. The van der Waals surface area contributed by atoms with Crippen LogP contribution < -0.4 is 0 Å². The van der Waals surface area contributed by atoms with Gasteiger partial charge in [0.1, 0.15) is 5.75 Å². The van der Waals surface area contributed by atoms with Crippen LogP contribution in [0.15, 0.2) is 48.5 Å². The Morgan fingerprint density at radius 1 is 1.13 bits per heavy atom. The number of carbonyl (C=O) groups is 1. The Labute approximate surface area is 137 Å². The molecule has 3 heteroatoms. The van der Waals surface area contributed by atoms with E-state index >= 15 is 0 Å². The SMILES string of the molecule is Cc1ccc(O)c([C@@H](CC(=O)N2CCCC2)c2ccccc2)c1. The third-order valence-electron chi connectivity index (χ3n) is 4.60. The number of aryl methyl sites for hydroxylation is 1. The third kappa shape index (κ3) is 3.55. The van der Waals surface area contributed by atoms with Gasteiger partial charge in [0.2, 0.25) is 5.91 Å². The van der Waals surface area contributed by atoms with Crippen LogP contribution in [0.5, 0.6) is 5.75 Å². The minimum absolute atomic E-state index is 0.107. The monoisotopic (exact) mass is 309 g/mol. The van der Waals surface area contributed by atoms with Crippen LogP contribution in [0.4, 0.5) is 0 Å². The molecule has 23 heavy (non-hydrogen) atoms. The lowest BCUT2D eigenvalue weighted by Gasteiger charge is -2.23. The Morgan fingerprint density at radius 2 is 1.83 bits per heavy atom. The Balaban J connectivity index is 1.93. The lowest BCUT2D eigenvalue weighted by Crippen LogP contribution is -2.29. The number of benzene rings is 2. The van der Waals surface area contributed by atoms with Crippen LogP contribution in [-0.4, -0.2) is 29.0 Å². The zero-order valence-corrected chi connectivity index (χ0v) is 13.5. The molecule has 1 saturated heterocycles. The Bertz CT molecular complexity index is 675. The first-order chi connectivity index (χ1) is 11.1. The molecule has 0 saturated carbocycles. The fourth-order valence-electron chi connectivity index (χ4n) is 3.32. The van der Waals surface area contributed by atoms with Crippen LogP contribution in [-0.2, 0) is 4.79 Å². The van der Waals surface area contributed by atoms with Gasteiger partial charge in [-0.3, -0.25) is 4.79 Å². The maximum absolute atomic E-state index is 12.6. The first-order valence-corrected chi connectivity index (χ1v) is 8.27. The van der Waals surface area contributed by atoms with Gasteiger partial charge < -0.3 is 10.0 Å². The van der Waals surface area contributed by atoms with Gasteiger partial charge in [-0.1, -0.05) is 48.0 Å². The van der Waals surface area contributed by atoms with E-state index in [0.29, 0.717) is 6.42 Å². The zero-order valence-electron chi connectivity index (χ0n) is 13.5. The molecule has 1 fully saturated rings. The number of hydrogen-bond donors (Lipinski definition) is 1. The maximum atomic E-state index is 12.6. The summed E-state index contributed by atoms with van der Waals surface area (Å²) in [4.78, 5) is 14.6. The summed E-state index contributed by atoms with van der Waals surface area (Å²) in [6, 6.07) is 15.6. The number of likely N-dealkylation sites (tertiary alicyclic amines) is 1. The number of nitrogens with zero attached hydrogens (tertiary/aromatic N) is 1. The lowest BCUT2D eigenvalue weighted by molar-refractivity contribution is -0.130. The third-order valence-corrected chi connectivity index (χ3v) is 4.60. The molecular weight excluding hydrogens is 286 g/mol. The summed E-state index contributed by atoms with van der Waals surface area (Å²) in [5.74, 6) is 0.333. The molecule has 2 aromatic rings. The summed E-state index contributed by atoms with van der Waals surface area (Å²) in [7, 11) is 0. The molecule has 0 aromatic heterocycles. The van der Waals surface area contributed by atoms with Crippen molar-refractivity contribution in [2.75, 3.05) is 13.1 Å². The topological polar surface area (TPSA) is 40.5 Å². The molecule has 0 aliphatic carbocycles. The van der Waals surface area contributed by atoms with Crippen LogP contribution in [0.25, 0.3) is 0 Å². The van der Waals surface area contributed by atoms with E-state index < -0.39 is 0 Å². The van der Waals surface area contributed by atoms with Gasteiger partial charge >= 0.3 is 0 Å². The smallest absolute Gasteiger partial charge is 0.223 e. The number of aromatic hydroxyl groups is 1. The fourth-order valence-corrected chi connectivity index (χ4v) is 3.32. The summed E-state index contributed by atoms with van der Waals surface area (Å²) in [6.45, 7) is 3.73. The quantitative estimate of drug-likeness (QED) is 0.932. The van der Waals surface area contributed by atoms with Crippen molar-refractivity contribution in [3.05, 3.63) is 65.2 Å². The second-order valence-corrected chi connectivity index (χ2v) is 6.32. The zero-order chi connectivity index (χ0) is 16.2. The largest absolute Gasteiger partial charge is 0.508 e. The van der Waals surface area contributed by atoms with Crippen LogP contribution in [0.2, 0.25) is 0 Å². The summed E-state index contributed by atoms with van der Waals surface area (Å²) < 4.78 is 0. The van der Waals surface area contributed by atoms with E-state index in [-0.39, 0.29) is 17.6 Å². The van der Waals surface area contributed by atoms with Crippen molar-refractivity contribution in [1.82, 2.24) is 4.90 Å². The van der Waals surface area contributed by atoms with Gasteiger partial charge in [0.05, 0.1) is 0 Å². The average molecular weight is 309 g/mol. The molecular formula is C20H23NO2. The normalized spacial score (nSPS) is 15.6. The Kier molecular flexibility index (Phi) is 4.65. The minimum Gasteiger partial charge on any atom is -0.508 e. The van der Waals surface area contributed by atoms with Crippen molar-refractivity contribution < 1.29 is 9.90 Å². The van der Waals surface area contributed by atoms with Crippen molar-refractivity contribution in [1.29, 1.82) is 0 Å². The molecule has 0 bridgehead atoms. The Hall–Kier alpha value is -2.29. The molecule has 1 amide bonds. The van der Waals surface area contributed by atoms with E-state index in [4.69, 9.17) is 0 Å². The van der Waals surface area contributed by atoms with Crippen LogP contribution >= 0.6 is 0 Å². The summed E-state index contributed by atoms with van der Waals surface area (Å²) in [5.41, 5.74) is 3.00. The van der Waals surface area contributed by atoms with Crippen molar-refractivity contribution in [3.8, 4) is 5.75 Å². The maximum Gasteiger partial charge on any atom is 0.223 e. The molecule has 0 unspecified atom stereocenters. The number of rotatable bonds is 4. The van der Waals surface area contributed by atoms with E-state index in [1.54, 1.807) is 6.07 Å². The summed E-state index contributed by atoms with van der Waals surface area (Å²) in [6.07, 6.45) is 2.59. The number of amides is 1. The molecule has 3 rings (SSSR count). The van der Waals surface area contributed by atoms with Crippen molar-refractivity contribution in [2.24, 2.45) is 0 Å². The van der Waals surface area contributed by atoms with Gasteiger partial charge in [0.25, 0.3) is 0 Å². The van der Waals surface area contributed by atoms with Crippen LogP contribution in [0.1, 0.15) is 41.9 Å². The number of hydrogen-bond acceptors (Lipinski definition) is 2. The van der Waals surface area contributed by atoms with Gasteiger partial charge in [0.15, 0.2) is 0 Å². The van der Waals surface area contributed by atoms with E-state index in [1.807, 2.05) is 54.3 Å². The van der Waals surface area contributed by atoms with Crippen molar-refractivity contribution in [3.63, 3.8) is 0 Å². The highest BCUT2D eigenvalue weighted by Crippen LogP contribution is 2.35. The molecule has 120 valence electrons. The van der Waals surface area contributed by atoms with E-state index in [9.17, 15) is 9.90 Å². The molecule has 1 aliphatic rings. The predicted molar refractivity (Wildman–Crippen MR) is 91.6 cm³/mol. The number of phenols is 1. The van der Waals surface area contributed by atoms with Crippen LogP contribution in [0.3, 0.4) is 0 Å². The predicted octanol–water partition coefficient (Wildman–Crippen LogP) is 3.85. The molecule has 1 heterocycles. The lowest BCUT2D eigenvalue weighted by atomic mass is 9.86. The van der Waals surface area contributed by atoms with Gasteiger partial charge in [-0.15, -0.1) is 0 Å². The highest BCUT2D eigenvalue weighted by Gasteiger charge is 2.25. The summed E-state index contributed by atoms with van der Waals surface area (Å²) in [5, 5.41) is 10.3. The van der Waals surface area contributed by atoms with Crippen molar-refractivity contribution in [2.45, 2.75) is 32.1 Å². The van der Waals surface area contributed by atoms with E-state index in [0.717, 1.165) is 42.6 Å². The number of carbonyl (C=O) groups excluding carboxylic acids is 1. The van der Waals surface area contributed by atoms with E-state index in [2.05, 4.69) is 0 Å². The summed E-state index contributed by atoms with van der Waals surface area (Å²) >= 11 is 0. The molecule has 1 atom stereocenters. The molecule has 2 aromatic carbocycles. The van der Waals surface area contributed by atoms with E-state index in [1.165, 1.54) is 0 Å². The highest BCUT2D eigenvalue weighted by atomic mass is 16.3. The molecule has 0 spiro atoms. The van der Waals surface area contributed by atoms with Gasteiger partial charge in [-0.2, -0.15) is 0 Å². The standard InChI is InChI=1S/C20H23NO2/c1-15-9-10-19(22)18(13-15)17(16-7-3-2-4-8-16)14-20(23)21-11-5-6-12-21/h2-4,7-10,13,17,22H,5-6,11-12,14H2,1H3/t17-/m0/s1. The fraction of sp³-hybridized carbons (Fsp3) is 0.350. The highest BCUT2D eigenvalue weighted by molar-refractivity contribution is 5.78. The van der Waals surface area contributed by atoms with Gasteiger partial charge in [0, 0.05) is 31.0 Å². The van der Waals surface area contributed by atoms with Gasteiger partial charge in [-0.05, 0) is 31.4 Å². The molecule has 0 radical (unpaired) electrons.